The number of carboxylic acids is 1. The SMILES string of the molecule is O=C(O)C1=Cc2ccccc2ON1.c1ccc2ncccc2c1. The minimum absolute atomic E-state index is 0.0405. The van der Waals surface area contributed by atoms with Gasteiger partial charge in [0.25, 0.3) is 0 Å². The van der Waals surface area contributed by atoms with Gasteiger partial charge in [-0.1, -0.05) is 42.5 Å². The molecule has 0 aliphatic carbocycles. The first-order chi connectivity index (χ1) is 11.2. The molecule has 0 amide bonds. The Morgan fingerprint density at radius 1 is 1.00 bits per heavy atom. The Hall–Kier alpha value is -3.34. The highest BCUT2D eigenvalue weighted by Crippen LogP contribution is 2.23. The number of nitrogens with zero attached hydrogens (tertiary/aromatic N) is 1. The maximum Gasteiger partial charge on any atom is 0.355 e. The molecule has 0 unspecified atom stereocenters. The Morgan fingerprint density at radius 2 is 1.74 bits per heavy atom. The van der Waals surface area contributed by atoms with Gasteiger partial charge >= 0.3 is 5.97 Å². The maximum atomic E-state index is 10.6. The number of hydroxylamine groups is 1. The van der Waals surface area contributed by atoms with Crippen molar-refractivity contribution in [3.63, 3.8) is 0 Å². The summed E-state index contributed by atoms with van der Waals surface area (Å²) in [7, 11) is 0. The third-order valence-corrected chi connectivity index (χ3v) is 3.23. The first-order valence-corrected chi connectivity index (χ1v) is 7.01. The second-order valence-corrected chi connectivity index (χ2v) is 4.80. The van der Waals surface area contributed by atoms with E-state index in [2.05, 4.69) is 22.6 Å². The van der Waals surface area contributed by atoms with E-state index in [0.29, 0.717) is 5.75 Å². The number of carboxylic acid groups (broad SMARTS) is 1. The van der Waals surface area contributed by atoms with Gasteiger partial charge < -0.3 is 9.94 Å². The zero-order valence-corrected chi connectivity index (χ0v) is 12.1. The second kappa shape index (κ2) is 6.62. The first-order valence-electron chi connectivity index (χ1n) is 7.01. The summed E-state index contributed by atoms with van der Waals surface area (Å²) in [6.45, 7) is 0. The Balaban J connectivity index is 0.000000140. The van der Waals surface area contributed by atoms with Gasteiger partial charge in [-0.25, -0.2) is 10.3 Å². The lowest BCUT2D eigenvalue weighted by molar-refractivity contribution is -0.133. The molecule has 2 aromatic carbocycles. The molecule has 0 saturated heterocycles. The summed E-state index contributed by atoms with van der Waals surface area (Å²) in [5, 5.41) is 9.85. The first kappa shape index (κ1) is 14.6. The molecule has 1 aromatic heterocycles. The van der Waals surface area contributed by atoms with E-state index in [-0.39, 0.29) is 5.70 Å². The molecule has 0 bridgehead atoms. The van der Waals surface area contributed by atoms with E-state index in [9.17, 15) is 4.79 Å². The van der Waals surface area contributed by atoms with Crippen LogP contribution in [0.5, 0.6) is 5.75 Å². The fourth-order valence-corrected chi connectivity index (χ4v) is 2.11. The zero-order chi connectivity index (χ0) is 16.1. The molecule has 0 saturated carbocycles. The lowest BCUT2D eigenvalue weighted by Gasteiger charge is -2.15. The van der Waals surface area contributed by atoms with Crippen molar-refractivity contribution in [3.8, 4) is 5.75 Å². The summed E-state index contributed by atoms with van der Waals surface area (Å²) in [6, 6.07) is 19.3. The van der Waals surface area contributed by atoms with Crippen molar-refractivity contribution in [1.29, 1.82) is 0 Å². The van der Waals surface area contributed by atoms with Crippen LogP contribution in [-0.2, 0) is 4.79 Å². The molecule has 2 N–H and O–H groups in total. The van der Waals surface area contributed by atoms with Gasteiger partial charge in [0.2, 0.25) is 0 Å². The predicted octanol–water partition coefficient (Wildman–Crippen LogP) is 3.24. The molecule has 3 aromatic rings. The van der Waals surface area contributed by atoms with Crippen LogP contribution in [0, 0.1) is 0 Å². The number of aliphatic carboxylic acids is 1. The van der Waals surface area contributed by atoms with Crippen LogP contribution in [0.1, 0.15) is 5.56 Å². The lowest BCUT2D eigenvalue weighted by atomic mass is 10.1. The highest BCUT2D eigenvalue weighted by Gasteiger charge is 2.14. The molecule has 2 heterocycles. The van der Waals surface area contributed by atoms with Crippen LogP contribution in [0.2, 0.25) is 0 Å². The predicted molar refractivity (Wildman–Crippen MR) is 87.6 cm³/mol. The van der Waals surface area contributed by atoms with E-state index >= 15 is 0 Å². The molecule has 0 fully saturated rings. The van der Waals surface area contributed by atoms with Gasteiger partial charge in [-0.3, -0.25) is 4.98 Å². The van der Waals surface area contributed by atoms with Gasteiger partial charge in [0.1, 0.15) is 0 Å². The molecule has 114 valence electrons. The van der Waals surface area contributed by atoms with E-state index in [1.54, 1.807) is 12.1 Å². The van der Waals surface area contributed by atoms with Crippen molar-refractivity contribution >= 4 is 22.9 Å². The summed E-state index contributed by atoms with van der Waals surface area (Å²) in [5.74, 6) is -0.401. The van der Waals surface area contributed by atoms with E-state index < -0.39 is 5.97 Å². The van der Waals surface area contributed by atoms with Crippen molar-refractivity contribution in [2.45, 2.75) is 0 Å². The van der Waals surface area contributed by atoms with Gasteiger partial charge in [0.15, 0.2) is 11.4 Å². The molecule has 1 aliphatic rings. The fraction of sp³-hybridized carbons (Fsp3) is 0. The molecule has 5 nitrogen and oxygen atoms in total. The summed E-state index contributed by atoms with van der Waals surface area (Å²) in [5.41, 5.74) is 4.20. The normalized spacial score (nSPS) is 11.9. The molecule has 23 heavy (non-hydrogen) atoms. The monoisotopic (exact) mass is 306 g/mol. The average Bonchev–Trinajstić information content (AvgIpc) is 2.62. The number of pyridine rings is 1. The quantitative estimate of drug-likeness (QED) is 0.722. The number of para-hydroxylation sites is 2. The summed E-state index contributed by atoms with van der Waals surface area (Å²) < 4.78 is 0. The number of fused-ring (bicyclic) bond motifs is 2. The molecule has 1 aliphatic heterocycles. The molecule has 0 atom stereocenters. The highest BCUT2D eigenvalue weighted by molar-refractivity contribution is 5.92. The smallest absolute Gasteiger partial charge is 0.355 e. The second-order valence-electron chi connectivity index (χ2n) is 4.80. The standard InChI is InChI=1S/C9H7NO3.C9H7N/c11-9(12)7-5-6-3-1-2-4-8(6)13-10-7;1-2-6-9-8(4-1)5-3-7-10-9/h1-5,10H,(H,11,12);1-7H. The van der Waals surface area contributed by atoms with E-state index in [1.807, 2.05) is 42.6 Å². The topological polar surface area (TPSA) is 71.5 Å². The van der Waals surface area contributed by atoms with Gasteiger partial charge in [0, 0.05) is 17.1 Å². The molecular weight excluding hydrogens is 292 g/mol. The van der Waals surface area contributed by atoms with Crippen LogP contribution in [0.15, 0.2) is 72.6 Å². The van der Waals surface area contributed by atoms with E-state index in [4.69, 9.17) is 9.94 Å². The average molecular weight is 306 g/mol. The third-order valence-electron chi connectivity index (χ3n) is 3.23. The number of rotatable bonds is 1. The summed E-state index contributed by atoms with van der Waals surface area (Å²) >= 11 is 0. The number of aromatic nitrogens is 1. The Labute approximate surface area is 132 Å². The minimum Gasteiger partial charge on any atom is -0.476 e. The Morgan fingerprint density at radius 3 is 2.57 bits per heavy atom. The van der Waals surface area contributed by atoms with Crippen LogP contribution >= 0.6 is 0 Å². The number of hydrogen-bond acceptors (Lipinski definition) is 4. The van der Waals surface area contributed by atoms with Crippen molar-refractivity contribution in [1.82, 2.24) is 10.5 Å². The van der Waals surface area contributed by atoms with Gasteiger partial charge in [-0.15, -0.1) is 0 Å². The van der Waals surface area contributed by atoms with Crippen molar-refractivity contribution in [3.05, 3.63) is 78.1 Å². The molecular formula is C18H14N2O3. The van der Waals surface area contributed by atoms with E-state index in [1.165, 1.54) is 11.5 Å². The van der Waals surface area contributed by atoms with Crippen LogP contribution in [0.25, 0.3) is 17.0 Å². The minimum atomic E-state index is -1.03. The Kier molecular flexibility index (Phi) is 4.20. The van der Waals surface area contributed by atoms with Crippen molar-refractivity contribution in [2.75, 3.05) is 0 Å². The van der Waals surface area contributed by atoms with Crippen LogP contribution in [-0.4, -0.2) is 16.1 Å². The lowest BCUT2D eigenvalue weighted by Crippen LogP contribution is -2.26. The van der Waals surface area contributed by atoms with Crippen LogP contribution in [0.4, 0.5) is 0 Å². The molecule has 5 heteroatoms. The number of carbonyl (C=O) groups is 1. The Bertz CT molecular complexity index is 809. The zero-order valence-electron chi connectivity index (χ0n) is 12.1. The summed E-state index contributed by atoms with van der Waals surface area (Å²) in [6.07, 6.45) is 3.34. The van der Waals surface area contributed by atoms with E-state index in [0.717, 1.165) is 11.1 Å². The number of hydrogen-bond donors (Lipinski definition) is 2. The summed E-state index contributed by atoms with van der Waals surface area (Å²) in [4.78, 5) is 19.7. The number of benzene rings is 2. The third kappa shape index (κ3) is 3.47. The highest BCUT2D eigenvalue weighted by atomic mass is 16.6. The molecule has 0 spiro atoms. The fourth-order valence-electron chi connectivity index (χ4n) is 2.11. The van der Waals surface area contributed by atoms with Gasteiger partial charge in [0.05, 0.1) is 5.52 Å². The van der Waals surface area contributed by atoms with Crippen LogP contribution in [0.3, 0.4) is 0 Å². The molecule has 0 radical (unpaired) electrons. The van der Waals surface area contributed by atoms with Crippen LogP contribution < -0.4 is 10.3 Å². The van der Waals surface area contributed by atoms with Crippen molar-refractivity contribution < 1.29 is 14.7 Å². The molecule has 4 rings (SSSR count). The van der Waals surface area contributed by atoms with Crippen molar-refractivity contribution in [2.24, 2.45) is 0 Å². The maximum absolute atomic E-state index is 10.6. The largest absolute Gasteiger partial charge is 0.476 e. The number of nitrogens with one attached hydrogen (secondary N) is 1. The van der Waals surface area contributed by atoms with Gasteiger partial charge in [-0.2, -0.15) is 0 Å². The van der Waals surface area contributed by atoms with Gasteiger partial charge in [-0.05, 0) is 24.3 Å².